The highest BCUT2D eigenvalue weighted by atomic mass is 15.5. The maximum absolute atomic E-state index is 4.64. The lowest BCUT2D eigenvalue weighted by atomic mass is 10.2. The molecule has 1 aromatic heterocycles. The Labute approximate surface area is 153 Å². The van der Waals surface area contributed by atoms with Gasteiger partial charge in [-0.15, -0.1) is 0 Å². The number of rotatable bonds is 6. The van der Waals surface area contributed by atoms with Crippen LogP contribution in [0.25, 0.3) is 0 Å². The summed E-state index contributed by atoms with van der Waals surface area (Å²) in [6, 6.07) is 8.23. The molecule has 3 rings (SSSR count). The molecule has 2 heterocycles. The molecule has 1 aliphatic heterocycles. The predicted molar refractivity (Wildman–Crippen MR) is 107 cm³/mol. The third-order valence-corrected chi connectivity index (χ3v) is 3.93. The third-order valence-electron chi connectivity index (χ3n) is 3.93. The van der Waals surface area contributed by atoms with E-state index in [1.807, 2.05) is 56.6 Å². The molecule has 0 atom stereocenters. The summed E-state index contributed by atoms with van der Waals surface area (Å²) in [5, 5.41) is 16.8. The van der Waals surface area contributed by atoms with Gasteiger partial charge in [0.1, 0.15) is 5.82 Å². The van der Waals surface area contributed by atoms with E-state index in [-0.39, 0.29) is 0 Å². The van der Waals surface area contributed by atoms with Gasteiger partial charge in [-0.25, -0.2) is 10.0 Å². The first-order valence-electron chi connectivity index (χ1n) is 8.37. The summed E-state index contributed by atoms with van der Waals surface area (Å²) in [5.41, 5.74) is 4.02. The first kappa shape index (κ1) is 17.5. The molecular formula is C19H23N7. The summed E-state index contributed by atoms with van der Waals surface area (Å²) < 4.78 is 1.72. The first-order valence-corrected chi connectivity index (χ1v) is 8.37. The fourth-order valence-corrected chi connectivity index (χ4v) is 2.64. The van der Waals surface area contributed by atoms with Gasteiger partial charge < -0.3 is 10.6 Å². The number of amidine groups is 1. The van der Waals surface area contributed by atoms with E-state index in [4.69, 9.17) is 0 Å². The molecule has 0 radical (unpaired) electrons. The number of allylic oxidation sites excluding steroid dienone is 1. The minimum Gasteiger partial charge on any atom is -0.388 e. The average molecular weight is 349 g/mol. The Hall–Kier alpha value is -3.35. The quantitative estimate of drug-likeness (QED) is 0.840. The molecule has 0 aliphatic carbocycles. The number of benzene rings is 1. The molecule has 0 spiro atoms. The van der Waals surface area contributed by atoms with Crippen LogP contribution in [0.3, 0.4) is 0 Å². The molecule has 2 N–H and O–H groups in total. The molecule has 134 valence electrons. The number of aliphatic imine (C=N–C) groups is 1. The van der Waals surface area contributed by atoms with Crippen LogP contribution >= 0.6 is 0 Å². The second-order valence-electron chi connectivity index (χ2n) is 5.91. The number of nitrogens with zero attached hydrogens (tertiary/aromatic N) is 5. The minimum atomic E-state index is 0.534. The van der Waals surface area contributed by atoms with Gasteiger partial charge in [-0.1, -0.05) is 24.8 Å². The second-order valence-corrected chi connectivity index (χ2v) is 5.91. The molecule has 26 heavy (non-hydrogen) atoms. The van der Waals surface area contributed by atoms with E-state index in [1.165, 1.54) is 0 Å². The van der Waals surface area contributed by atoms with Crippen LogP contribution in [0.1, 0.15) is 12.5 Å². The van der Waals surface area contributed by atoms with Gasteiger partial charge in [0.25, 0.3) is 0 Å². The Kier molecular flexibility index (Phi) is 5.17. The lowest BCUT2D eigenvalue weighted by Gasteiger charge is -2.17. The van der Waals surface area contributed by atoms with Crippen LogP contribution < -0.4 is 10.6 Å². The number of hydrogen-bond donors (Lipinski definition) is 2. The largest absolute Gasteiger partial charge is 0.388 e. The molecule has 2 aromatic rings. The molecule has 0 unspecified atom stereocenters. The van der Waals surface area contributed by atoms with Gasteiger partial charge in [-0.3, -0.25) is 4.68 Å². The van der Waals surface area contributed by atoms with E-state index in [0.29, 0.717) is 12.4 Å². The molecule has 7 heteroatoms. The number of hydrogen-bond acceptors (Lipinski definition) is 5. The Morgan fingerprint density at radius 1 is 1.35 bits per heavy atom. The minimum absolute atomic E-state index is 0.534. The summed E-state index contributed by atoms with van der Waals surface area (Å²) in [6.07, 6.45) is 7.41. The van der Waals surface area contributed by atoms with Crippen molar-refractivity contribution in [3.05, 3.63) is 66.3 Å². The van der Waals surface area contributed by atoms with Gasteiger partial charge in [-0.05, 0) is 24.6 Å². The first-order chi connectivity index (χ1) is 12.6. The van der Waals surface area contributed by atoms with Gasteiger partial charge in [0.2, 0.25) is 0 Å². The fraction of sp³-hybridized carbons (Fsp3) is 0.211. The monoisotopic (exact) mass is 349 g/mol. The number of anilines is 2. The summed E-state index contributed by atoms with van der Waals surface area (Å²) >= 11 is 0. The molecule has 7 nitrogen and oxygen atoms in total. The lowest BCUT2D eigenvalue weighted by molar-refractivity contribution is 0.451. The van der Waals surface area contributed by atoms with Crippen molar-refractivity contribution in [3.63, 3.8) is 0 Å². The number of hydrazone groups is 1. The molecule has 0 fully saturated rings. The van der Waals surface area contributed by atoms with Crippen LogP contribution in [0, 0.1) is 0 Å². The topological polar surface area (TPSA) is 69.8 Å². The van der Waals surface area contributed by atoms with Crippen molar-refractivity contribution in [2.24, 2.45) is 17.1 Å². The Morgan fingerprint density at radius 2 is 2.19 bits per heavy atom. The molecular weight excluding hydrogens is 326 g/mol. The van der Waals surface area contributed by atoms with Crippen molar-refractivity contribution in [2.75, 3.05) is 17.7 Å². The van der Waals surface area contributed by atoms with Gasteiger partial charge in [-0.2, -0.15) is 10.2 Å². The van der Waals surface area contributed by atoms with Crippen LogP contribution in [-0.2, 0) is 13.6 Å². The van der Waals surface area contributed by atoms with E-state index in [0.717, 1.165) is 28.3 Å². The van der Waals surface area contributed by atoms with Crippen molar-refractivity contribution in [1.29, 1.82) is 0 Å². The highest BCUT2D eigenvalue weighted by Crippen LogP contribution is 2.19. The standard InChI is InChI=1S/C19H23N7/c1-5-16-10-22-26(12-15-7-6-8-17(9-15)20-3)19(16)24-14(2)23-18-11-21-25(4)13-18/h5-11,13,20,23H,2,12H2,1,3-4H3/b16-5-,24-19+. The SMILES string of the molecule is C=C(/N=C1\C(=C/C)C=NN1Cc1cccc(NC)c1)Nc1cnn(C)c1. The highest BCUT2D eigenvalue weighted by molar-refractivity contribution is 6.18. The zero-order valence-corrected chi connectivity index (χ0v) is 15.3. The molecule has 1 aromatic carbocycles. The molecule has 0 bridgehead atoms. The van der Waals surface area contributed by atoms with Crippen LogP contribution in [0.5, 0.6) is 0 Å². The van der Waals surface area contributed by atoms with Crippen molar-refractivity contribution < 1.29 is 0 Å². The fourth-order valence-electron chi connectivity index (χ4n) is 2.64. The van der Waals surface area contributed by atoms with Crippen LogP contribution in [0.2, 0.25) is 0 Å². The average Bonchev–Trinajstić information content (AvgIpc) is 3.21. The Balaban J connectivity index is 1.78. The third kappa shape index (κ3) is 4.00. The lowest BCUT2D eigenvalue weighted by Crippen LogP contribution is -2.23. The molecule has 0 saturated carbocycles. The van der Waals surface area contributed by atoms with Gasteiger partial charge in [0.15, 0.2) is 5.84 Å². The summed E-state index contributed by atoms with van der Waals surface area (Å²) in [7, 11) is 3.77. The zero-order valence-electron chi connectivity index (χ0n) is 15.3. The van der Waals surface area contributed by atoms with Crippen molar-refractivity contribution in [1.82, 2.24) is 14.8 Å². The van der Waals surface area contributed by atoms with E-state index in [2.05, 4.69) is 44.5 Å². The van der Waals surface area contributed by atoms with Crippen molar-refractivity contribution >= 4 is 23.4 Å². The van der Waals surface area contributed by atoms with E-state index in [9.17, 15) is 0 Å². The molecule has 1 aliphatic rings. The molecule has 0 amide bonds. The Bertz CT molecular complexity index is 889. The van der Waals surface area contributed by atoms with Crippen molar-refractivity contribution in [2.45, 2.75) is 13.5 Å². The van der Waals surface area contributed by atoms with Crippen LogP contribution in [0.15, 0.2) is 70.8 Å². The van der Waals surface area contributed by atoms with Gasteiger partial charge in [0, 0.05) is 31.6 Å². The summed E-state index contributed by atoms with van der Waals surface area (Å²) in [5.74, 6) is 1.30. The Morgan fingerprint density at radius 3 is 2.88 bits per heavy atom. The smallest absolute Gasteiger partial charge is 0.160 e. The second kappa shape index (κ2) is 7.69. The normalized spacial score (nSPS) is 16.5. The van der Waals surface area contributed by atoms with E-state index < -0.39 is 0 Å². The summed E-state index contributed by atoms with van der Waals surface area (Å²) in [6.45, 7) is 6.60. The van der Waals surface area contributed by atoms with Crippen LogP contribution in [0.4, 0.5) is 11.4 Å². The number of aromatic nitrogens is 2. The van der Waals surface area contributed by atoms with Gasteiger partial charge in [0.05, 0.1) is 24.6 Å². The molecule has 0 saturated heterocycles. The highest BCUT2D eigenvalue weighted by Gasteiger charge is 2.20. The maximum atomic E-state index is 4.64. The van der Waals surface area contributed by atoms with E-state index >= 15 is 0 Å². The zero-order chi connectivity index (χ0) is 18.5. The number of nitrogens with one attached hydrogen (secondary N) is 2. The number of aryl methyl sites for hydroxylation is 1. The van der Waals surface area contributed by atoms with Crippen molar-refractivity contribution in [3.8, 4) is 0 Å². The predicted octanol–water partition coefficient (Wildman–Crippen LogP) is 3.19. The van der Waals surface area contributed by atoms with E-state index in [1.54, 1.807) is 10.9 Å². The van der Waals surface area contributed by atoms with Gasteiger partial charge >= 0.3 is 0 Å². The van der Waals surface area contributed by atoms with Crippen LogP contribution in [-0.4, -0.2) is 33.9 Å². The maximum Gasteiger partial charge on any atom is 0.160 e. The summed E-state index contributed by atoms with van der Waals surface area (Å²) in [4.78, 5) is 4.64.